The number of anilines is 1. The van der Waals surface area contributed by atoms with E-state index in [2.05, 4.69) is 27.9 Å². The van der Waals surface area contributed by atoms with Gasteiger partial charge in [-0.1, -0.05) is 25.0 Å². The van der Waals surface area contributed by atoms with Gasteiger partial charge in [-0.05, 0) is 36.5 Å². The Bertz CT molecular complexity index is 517. The molecule has 0 radical (unpaired) electrons. The monoisotopic (exact) mass is 266 g/mol. The summed E-state index contributed by atoms with van der Waals surface area (Å²) in [5.74, 6) is 0.680. The molecule has 17 heavy (non-hydrogen) atoms. The van der Waals surface area contributed by atoms with Crippen LogP contribution in [0.25, 0.3) is 10.9 Å². The van der Waals surface area contributed by atoms with Crippen molar-refractivity contribution >= 4 is 39.0 Å². The second-order valence-electron chi connectivity index (χ2n) is 4.77. The van der Waals surface area contributed by atoms with E-state index in [1.807, 2.05) is 6.07 Å². The molecule has 2 aromatic rings. The molecule has 1 aromatic heterocycles. The lowest BCUT2D eigenvalue weighted by Gasteiger charge is -2.28. The highest BCUT2D eigenvalue weighted by molar-refractivity contribution is 7.11. The summed E-state index contributed by atoms with van der Waals surface area (Å²) in [5.41, 5.74) is 1.17. The third-order valence-corrected chi connectivity index (χ3v) is 4.88. The number of fused-ring (bicyclic) bond motifs is 1. The quantitative estimate of drug-likeness (QED) is 0.840. The van der Waals surface area contributed by atoms with E-state index in [-0.39, 0.29) is 5.54 Å². The summed E-state index contributed by atoms with van der Waals surface area (Å²) in [6.07, 6.45) is 4.89. The first-order valence-corrected chi connectivity index (χ1v) is 7.32. The van der Waals surface area contributed by atoms with Crippen LogP contribution in [0.1, 0.15) is 25.7 Å². The highest BCUT2D eigenvalue weighted by Crippen LogP contribution is 2.37. The van der Waals surface area contributed by atoms with Crippen LogP contribution in [-0.2, 0) is 0 Å². The number of aromatic nitrogens is 1. The Hall–Kier alpha value is -0.800. The standard InChI is InChI=1S/C13H15ClN2S/c14-9-13(7-3-4-8-13)15-12-10-5-1-2-6-11(10)16-17-12/h1-2,5-6,15H,3-4,7-9H2. The lowest BCUT2D eigenvalue weighted by atomic mass is 10.0. The summed E-state index contributed by atoms with van der Waals surface area (Å²) in [4.78, 5) is 0. The molecular formula is C13H15ClN2S. The fraction of sp³-hybridized carbons (Fsp3) is 0.462. The highest BCUT2D eigenvalue weighted by atomic mass is 35.5. The molecule has 1 N–H and O–H groups in total. The second kappa shape index (κ2) is 4.46. The van der Waals surface area contributed by atoms with Crippen LogP contribution in [0.5, 0.6) is 0 Å². The van der Waals surface area contributed by atoms with E-state index in [0.29, 0.717) is 5.88 Å². The molecule has 0 bridgehead atoms. The molecule has 90 valence electrons. The van der Waals surface area contributed by atoms with Crippen molar-refractivity contribution in [3.8, 4) is 0 Å². The summed E-state index contributed by atoms with van der Waals surface area (Å²) in [7, 11) is 0. The average Bonchev–Trinajstić information content (AvgIpc) is 2.99. The molecule has 1 fully saturated rings. The first-order valence-electron chi connectivity index (χ1n) is 6.02. The zero-order chi connectivity index (χ0) is 11.7. The molecule has 0 atom stereocenters. The van der Waals surface area contributed by atoms with E-state index >= 15 is 0 Å². The first kappa shape index (κ1) is 11.3. The van der Waals surface area contributed by atoms with Gasteiger partial charge >= 0.3 is 0 Å². The largest absolute Gasteiger partial charge is 0.369 e. The molecule has 0 unspecified atom stereocenters. The minimum Gasteiger partial charge on any atom is -0.369 e. The molecule has 0 aliphatic heterocycles. The number of halogens is 1. The SMILES string of the molecule is ClCC1(Nc2snc3ccccc23)CCCC1. The Kier molecular flexibility index (Phi) is 2.97. The normalized spacial score (nSPS) is 18.6. The van der Waals surface area contributed by atoms with E-state index in [1.54, 1.807) is 11.5 Å². The highest BCUT2D eigenvalue weighted by Gasteiger charge is 2.33. The van der Waals surface area contributed by atoms with Crippen LogP contribution in [0.3, 0.4) is 0 Å². The van der Waals surface area contributed by atoms with Crippen molar-refractivity contribution in [2.45, 2.75) is 31.2 Å². The Morgan fingerprint density at radius 2 is 2.06 bits per heavy atom. The van der Waals surface area contributed by atoms with Gasteiger partial charge in [0.05, 0.1) is 11.1 Å². The van der Waals surface area contributed by atoms with Crippen molar-refractivity contribution in [3.05, 3.63) is 24.3 Å². The molecule has 4 heteroatoms. The van der Waals surface area contributed by atoms with Gasteiger partial charge in [-0.15, -0.1) is 11.6 Å². The molecule has 0 amide bonds. The number of hydrogen-bond acceptors (Lipinski definition) is 3. The summed E-state index contributed by atoms with van der Waals surface area (Å²) < 4.78 is 4.46. The zero-order valence-electron chi connectivity index (χ0n) is 9.58. The molecule has 2 nitrogen and oxygen atoms in total. The molecule has 1 saturated carbocycles. The van der Waals surface area contributed by atoms with E-state index in [0.717, 1.165) is 5.52 Å². The summed E-state index contributed by atoms with van der Waals surface area (Å²) >= 11 is 7.70. The van der Waals surface area contributed by atoms with Crippen molar-refractivity contribution in [1.82, 2.24) is 4.37 Å². The van der Waals surface area contributed by atoms with Crippen LogP contribution in [0.15, 0.2) is 24.3 Å². The average molecular weight is 267 g/mol. The molecule has 1 aromatic carbocycles. The van der Waals surface area contributed by atoms with Gasteiger partial charge in [-0.2, -0.15) is 4.37 Å². The zero-order valence-corrected chi connectivity index (χ0v) is 11.2. The lowest BCUT2D eigenvalue weighted by molar-refractivity contribution is 0.542. The van der Waals surface area contributed by atoms with Crippen LogP contribution < -0.4 is 5.32 Å². The summed E-state index contributed by atoms with van der Waals surface area (Å²) in [6.45, 7) is 0. The van der Waals surface area contributed by atoms with Gasteiger partial charge in [-0.25, -0.2) is 0 Å². The fourth-order valence-corrected chi connectivity index (χ4v) is 3.78. The first-order chi connectivity index (χ1) is 8.33. The number of hydrogen-bond donors (Lipinski definition) is 1. The second-order valence-corrected chi connectivity index (χ2v) is 5.82. The Labute approximate surface area is 110 Å². The number of benzene rings is 1. The molecule has 1 heterocycles. The Balaban J connectivity index is 1.94. The van der Waals surface area contributed by atoms with Crippen LogP contribution in [0.4, 0.5) is 5.00 Å². The van der Waals surface area contributed by atoms with Crippen molar-refractivity contribution in [2.75, 3.05) is 11.2 Å². The fourth-order valence-electron chi connectivity index (χ4n) is 2.56. The van der Waals surface area contributed by atoms with Gasteiger partial charge in [0.15, 0.2) is 0 Å². The van der Waals surface area contributed by atoms with Gasteiger partial charge in [0, 0.05) is 11.3 Å². The third-order valence-electron chi connectivity index (χ3n) is 3.58. The van der Waals surface area contributed by atoms with Gasteiger partial charge in [0.1, 0.15) is 5.00 Å². The van der Waals surface area contributed by atoms with Crippen molar-refractivity contribution in [3.63, 3.8) is 0 Å². The molecule has 1 aliphatic rings. The summed E-state index contributed by atoms with van der Waals surface area (Å²) in [5, 5.41) is 6.04. The lowest BCUT2D eigenvalue weighted by Crippen LogP contribution is -2.36. The van der Waals surface area contributed by atoms with Crippen LogP contribution in [0.2, 0.25) is 0 Å². The van der Waals surface area contributed by atoms with Crippen molar-refractivity contribution in [1.29, 1.82) is 0 Å². The molecule has 1 aliphatic carbocycles. The smallest absolute Gasteiger partial charge is 0.117 e. The van der Waals surface area contributed by atoms with Crippen LogP contribution in [0, 0.1) is 0 Å². The van der Waals surface area contributed by atoms with Gasteiger partial charge in [0.25, 0.3) is 0 Å². The van der Waals surface area contributed by atoms with Gasteiger partial charge in [0.2, 0.25) is 0 Å². The maximum absolute atomic E-state index is 6.15. The van der Waals surface area contributed by atoms with E-state index in [4.69, 9.17) is 11.6 Å². The van der Waals surface area contributed by atoms with Crippen LogP contribution in [-0.4, -0.2) is 15.8 Å². The van der Waals surface area contributed by atoms with E-state index < -0.39 is 0 Å². The number of nitrogens with one attached hydrogen (secondary N) is 1. The Morgan fingerprint density at radius 1 is 1.29 bits per heavy atom. The predicted octanol–water partition coefficient (Wildman–Crippen LogP) is 4.26. The predicted molar refractivity (Wildman–Crippen MR) is 75.2 cm³/mol. The topological polar surface area (TPSA) is 24.9 Å². The van der Waals surface area contributed by atoms with Crippen LogP contribution >= 0.6 is 23.1 Å². The minimum absolute atomic E-state index is 0.0941. The number of alkyl halides is 1. The Morgan fingerprint density at radius 3 is 2.82 bits per heavy atom. The van der Waals surface area contributed by atoms with E-state index in [9.17, 15) is 0 Å². The minimum atomic E-state index is 0.0941. The maximum Gasteiger partial charge on any atom is 0.117 e. The molecule has 0 saturated heterocycles. The molecule has 3 rings (SSSR count). The van der Waals surface area contributed by atoms with Crippen molar-refractivity contribution < 1.29 is 0 Å². The van der Waals surface area contributed by atoms with Crippen molar-refractivity contribution in [2.24, 2.45) is 0 Å². The number of nitrogens with zero attached hydrogens (tertiary/aromatic N) is 1. The van der Waals surface area contributed by atoms with Gasteiger partial charge in [-0.3, -0.25) is 0 Å². The van der Waals surface area contributed by atoms with Gasteiger partial charge < -0.3 is 5.32 Å². The van der Waals surface area contributed by atoms with E-state index in [1.165, 1.54) is 36.1 Å². The number of rotatable bonds is 3. The maximum atomic E-state index is 6.15. The summed E-state index contributed by atoms with van der Waals surface area (Å²) in [6, 6.07) is 8.26. The molecule has 0 spiro atoms. The molecular weight excluding hydrogens is 252 g/mol. The third kappa shape index (κ3) is 2.02.